The molecule has 202 valence electrons. The lowest BCUT2D eigenvalue weighted by atomic mass is 9.86. The fourth-order valence-corrected chi connectivity index (χ4v) is 4.22. The number of rotatable bonds is 8. The summed E-state index contributed by atoms with van der Waals surface area (Å²) in [5, 5.41) is 68.5. The van der Waals surface area contributed by atoms with Gasteiger partial charge in [-0.25, -0.2) is 9.59 Å². The number of carboxylic acid groups (broad SMARTS) is 2. The molecule has 3 atom stereocenters. The van der Waals surface area contributed by atoms with Crippen LogP contribution in [0.25, 0.3) is 6.08 Å². The lowest BCUT2D eigenvalue weighted by molar-refractivity contribution is -0.160. The normalized spacial score (nSPS) is 16.8. The predicted octanol–water partition coefficient (Wildman–Crippen LogP) is 2.77. The molecule has 0 amide bonds. The quantitative estimate of drug-likeness (QED) is 0.125. The van der Waals surface area contributed by atoms with E-state index in [1.54, 1.807) is 0 Å². The minimum atomic E-state index is -1.75. The van der Waals surface area contributed by atoms with Gasteiger partial charge in [-0.05, 0) is 53.1 Å². The van der Waals surface area contributed by atoms with Gasteiger partial charge in [0, 0.05) is 18.1 Å². The topological polar surface area (TPSA) is 211 Å². The maximum absolute atomic E-state index is 12.3. The van der Waals surface area contributed by atoms with E-state index in [0.29, 0.717) is 5.56 Å². The third-order valence-corrected chi connectivity index (χ3v) is 6.07. The predicted molar refractivity (Wildman–Crippen MR) is 132 cm³/mol. The van der Waals surface area contributed by atoms with Gasteiger partial charge in [0.2, 0.25) is 6.10 Å². The number of esters is 1. The van der Waals surface area contributed by atoms with Crippen molar-refractivity contribution in [2.24, 2.45) is 0 Å². The van der Waals surface area contributed by atoms with Crippen LogP contribution < -0.4 is 4.74 Å². The first-order valence-corrected chi connectivity index (χ1v) is 11.4. The van der Waals surface area contributed by atoms with E-state index in [0.717, 1.165) is 18.2 Å². The molecule has 0 spiro atoms. The summed E-state index contributed by atoms with van der Waals surface area (Å²) in [6.07, 6.45) is -1.33. The van der Waals surface area contributed by atoms with Gasteiger partial charge >= 0.3 is 17.9 Å². The average Bonchev–Trinajstić information content (AvgIpc) is 3.29. The summed E-state index contributed by atoms with van der Waals surface area (Å²) in [6, 6.07) is 9.82. The smallest absolute Gasteiger partial charge is 0.345 e. The first-order valence-electron chi connectivity index (χ1n) is 11.4. The number of hydrogen-bond donors (Lipinski definition) is 7. The summed E-state index contributed by atoms with van der Waals surface area (Å²) in [4.78, 5) is 36.6. The van der Waals surface area contributed by atoms with Gasteiger partial charge in [-0.15, -0.1) is 0 Å². The van der Waals surface area contributed by atoms with Crippen molar-refractivity contribution in [2.45, 2.75) is 24.5 Å². The van der Waals surface area contributed by atoms with Crippen LogP contribution in [0.4, 0.5) is 0 Å². The molecule has 1 aliphatic heterocycles. The summed E-state index contributed by atoms with van der Waals surface area (Å²) in [7, 11) is 0. The number of aromatic hydroxyl groups is 5. The fraction of sp³-hybridized carbons (Fsp3) is 0.148. The molecule has 0 saturated carbocycles. The van der Waals surface area contributed by atoms with Gasteiger partial charge in [-0.1, -0.05) is 18.2 Å². The van der Waals surface area contributed by atoms with E-state index in [4.69, 9.17) is 9.47 Å². The Labute approximate surface area is 219 Å². The van der Waals surface area contributed by atoms with E-state index in [-0.39, 0.29) is 28.2 Å². The summed E-state index contributed by atoms with van der Waals surface area (Å²) < 4.78 is 10.8. The summed E-state index contributed by atoms with van der Waals surface area (Å²) in [6.45, 7) is 0. The Morgan fingerprint density at radius 2 is 1.49 bits per heavy atom. The van der Waals surface area contributed by atoms with Gasteiger partial charge in [0.15, 0.2) is 34.5 Å². The Morgan fingerprint density at radius 3 is 2.10 bits per heavy atom. The third kappa shape index (κ3) is 5.49. The van der Waals surface area contributed by atoms with E-state index < -0.39 is 65.5 Å². The van der Waals surface area contributed by atoms with Crippen LogP contribution in [0.1, 0.15) is 34.3 Å². The number of ether oxygens (including phenoxy) is 2. The molecule has 12 nitrogen and oxygen atoms in total. The molecule has 3 aromatic rings. The highest BCUT2D eigenvalue weighted by molar-refractivity contribution is 5.89. The van der Waals surface area contributed by atoms with E-state index in [2.05, 4.69) is 0 Å². The first kappa shape index (κ1) is 26.7. The number of carboxylic acids is 2. The van der Waals surface area contributed by atoms with Crippen LogP contribution in [0.2, 0.25) is 0 Å². The SMILES string of the molecule is O=C(C=Cc1ccc(O)c(O)c1)O[C@H](Cc1ccc(O)c2c1[C@H](C(=O)O)[C@@H](c1ccc(O)c(O)c1)O2)C(=O)O. The standard InChI is InChI=1S/C27H22O12/c28-15-5-1-12(9-18(15)31)2-8-21(33)38-20(26(34)35)11-13-3-7-17(30)25-22(13)23(27(36)37)24(39-25)14-4-6-16(29)19(32)10-14/h1-10,20,23-24,28-32H,11H2,(H,34,35)(H,36,37)/t20-,23+,24-/m1/s1. The fourth-order valence-electron chi connectivity index (χ4n) is 4.22. The largest absolute Gasteiger partial charge is 0.504 e. The molecule has 4 rings (SSSR count). The summed E-state index contributed by atoms with van der Waals surface area (Å²) in [5.74, 6) is -7.75. The molecule has 0 radical (unpaired) electrons. The molecule has 0 aromatic heterocycles. The van der Waals surface area contributed by atoms with Crippen molar-refractivity contribution in [3.63, 3.8) is 0 Å². The van der Waals surface area contributed by atoms with Crippen molar-refractivity contribution in [3.8, 4) is 34.5 Å². The minimum absolute atomic E-state index is 0.0301. The van der Waals surface area contributed by atoms with Crippen LogP contribution in [0.15, 0.2) is 54.6 Å². The molecule has 1 heterocycles. The van der Waals surface area contributed by atoms with E-state index in [9.17, 15) is 50.1 Å². The van der Waals surface area contributed by atoms with Gasteiger partial charge in [0.1, 0.15) is 12.0 Å². The van der Waals surface area contributed by atoms with Crippen molar-refractivity contribution in [1.29, 1.82) is 0 Å². The van der Waals surface area contributed by atoms with Crippen molar-refractivity contribution in [1.82, 2.24) is 0 Å². The van der Waals surface area contributed by atoms with E-state index >= 15 is 0 Å². The van der Waals surface area contributed by atoms with Crippen LogP contribution >= 0.6 is 0 Å². The molecule has 39 heavy (non-hydrogen) atoms. The zero-order valence-corrected chi connectivity index (χ0v) is 19.9. The van der Waals surface area contributed by atoms with Crippen LogP contribution in [0.3, 0.4) is 0 Å². The highest BCUT2D eigenvalue weighted by Crippen LogP contribution is 2.52. The number of phenolic OH excluding ortho intramolecular Hbond substituents is 5. The molecule has 0 bridgehead atoms. The van der Waals surface area contributed by atoms with Crippen molar-refractivity contribution in [2.75, 3.05) is 0 Å². The number of carbonyl (C=O) groups excluding carboxylic acids is 1. The van der Waals surface area contributed by atoms with Crippen LogP contribution in [0, 0.1) is 0 Å². The van der Waals surface area contributed by atoms with Gasteiger partial charge in [-0.3, -0.25) is 4.79 Å². The first-order chi connectivity index (χ1) is 18.5. The molecule has 0 saturated heterocycles. The molecule has 12 heteroatoms. The zero-order valence-electron chi connectivity index (χ0n) is 19.9. The van der Waals surface area contributed by atoms with Crippen molar-refractivity contribution >= 4 is 24.0 Å². The monoisotopic (exact) mass is 538 g/mol. The number of hydrogen-bond acceptors (Lipinski definition) is 10. The van der Waals surface area contributed by atoms with Gasteiger partial charge in [0.25, 0.3) is 0 Å². The van der Waals surface area contributed by atoms with E-state index in [1.807, 2.05) is 0 Å². The second-order valence-corrected chi connectivity index (χ2v) is 8.64. The molecule has 0 aliphatic carbocycles. The van der Waals surface area contributed by atoms with Crippen molar-refractivity contribution < 1.29 is 59.6 Å². The molecule has 0 fully saturated rings. The average molecular weight is 538 g/mol. The molecule has 7 N–H and O–H groups in total. The molecule has 1 aliphatic rings. The number of carbonyl (C=O) groups is 3. The van der Waals surface area contributed by atoms with Crippen LogP contribution in [-0.4, -0.2) is 59.8 Å². The summed E-state index contributed by atoms with van der Waals surface area (Å²) >= 11 is 0. The lowest BCUT2D eigenvalue weighted by Gasteiger charge is -2.18. The van der Waals surface area contributed by atoms with Crippen molar-refractivity contribution in [3.05, 3.63) is 76.9 Å². The number of phenols is 5. The zero-order chi connectivity index (χ0) is 28.4. The Morgan fingerprint density at radius 1 is 0.846 bits per heavy atom. The Kier molecular flexibility index (Phi) is 7.20. The highest BCUT2D eigenvalue weighted by atomic mass is 16.6. The van der Waals surface area contributed by atoms with Gasteiger partial charge < -0.3 is 45.2 Å². The minimum Gasteiger partial charge on any atom is -0.504 e. The highest BCUT2D eigenvalue weighted by Gasteiger charge is 2.44. The van der Waals surface area contributed by atoms with Gasteiger partial charge in [-0.2, -0.15) is 0 Å². The third-order valence-electron chi connectivity index (χ3n) is 6.07. The Hall–Kier alpha value is -5.39. The second-order valence-electron chi connectivity index (χ2n) is 8.64. The molecule has 3 aromatic carbocycles. The number of fused-ring (bicyclic) bond motifs is 1. The summed E-state index contributed by atoms with van der Waals surface area (Å²) in [5.41, 5.74) is 0.579. The van der Waals surface area contributed by atoms with Gasteiger partial charge in [0.05, 0.1) is 0 Å². The molecule has 0 unspecified atom stereocenters. The lowest BCUT2D eigenvalue weighted by Crippen LogP contribution is -2.29. The number of benzene rings is 3. The Bertz CT molecular complexity index is 1490. The number of aliphatic carboxylic acids is 2. The second kappa shape index (κ2) is 10.5. The maximum Gasteiger partial charge on any atom is 0.345 e. The Balaban J connectivity index is 1.61. The van der Waals surface area contributed by atoms with E-state index in [1.165, 1.54) is 42.5 Å². The molecular weight excluding hydrogens is 516 g/mol. The van der Waals surface area contributed by atoms with Crippen LogP contribution in [-0.2, 0) is 25.5 Å². The van der Waals surface area contributed by atoms with Crippen LogP contribution in [0.5, 0.6) is 34.5 Å². The molecular formula is C27H22O12. The maximum atomic E-state index is 12.3.